The van der Waals surface area contributed by atoms with E-state index in [1.54, 1.807) is 6.33 Å². The first-order chi connectivity index (χ1) is 14.7. The number of benzene rings is 3. The molecule has 0 spiro atoms. The van der Waals surface area contributed by atoms with Crippen molar-refractivity contribution in [1.82, 2.24) is 14.8 Å². The summed E-state index contributed by atoms with van der Waals surface area (Å²) in [7, 11) is 0. The van der Waals surface area contributed by atoms with Gasteiger partial charge in [-0.15, -0.1) is 0 Å². The number of nitrogens with zero attached hydrogens (tertiary/aromatic N) is 3. The third-order valence-corrected chi connectivity index (χ3v) is 5.98. The Morgan fingerprint density at radius 2 is 1.77 bits per heavy atom. The van der Waals surface area contributed by atoms with Gasteiger partial charge in [-0.25, -0.2) is 4.68 Å². The third kappa shape index (κ3) is 3.93. The van der Waals surface area contributed by atoms with Crippen LogP contribution < -0.4 is 10.1 Å². The molecule has 0 saturated heterocycles. The quantitative estimate of drug-likeness (QED) is 0.355. The molecule has 1 N–H and O–H groups in total. The molecular weight excluding hydrogens is 464 g/mol. The maximum atomic E-state index is 6.03. The van der Waals surface area contributed by atoms with Gasteiger partial charge in [0.05, 0.1) is 12.1 Å². The van der Waals surface area contributed by atoms with Crippen molar-refractivity contribution in [3.8, 4) is 11.5 Å². The predicted molar refractivity (Wildman–Crippen MR) is 121 cm³/mol. The van der Waals surface area contributed by atoms with E-state index in [0.29, 0.717) is 5.02 Å². The summed E-state index contributed by atoms with van der Waals surface area (Å²) in [5, 5.41) is 8.65. The van der Waals surface area contributed by atoms with Crippen molar-refractivity contribution in [1.29, 1.82) is 0 Å². The Kier molecular flexibility index (Phi) is 5.19. The summed E-state index contributed by atoms with van der Waals surface area (Å²) in [6.45, 7) is 0. The third-order valence-electron chi connectivity index (χ3n) is 5.20. The highest BCUT2D eigenvalue weighted by molar-refractivity contribution is 9.10. The Morgan fingerprint density at radius 1 is 0.967 bits per heavy atom. The second kappa shape index (κ2) is 8.13. The molecule has 0 fully saturated rings. The molecule has 4 aromatic rings. The van der Waals surface area contributed by atoms with Gasteiger partial charge in [0.15, 0.2) is 0 Å². The lowest BCUT2D eigenvalue weighted by Gasteiger charge is -2.32. The number of aromatic nitrogens is 3. The zero-order valence-electron chi connectivity index (χ0n) is 15.9. The van der Waals surface area contributed by atoms with Crippen LogP contribution in [0, 0.1) is 0 Å². The topological polar surface area (TPSA) is 52.0 Å². The van der Waals surface area contributed by atoms with E-state index in [1.807, 2.05) is 41.1 Å². The standard InChI is InChI=1S/C23H18BrClN4O/c24-17-6-4-15(5-7-17)21-13-22(29-23(28-21)26-14-27-29)16-2-1-3-20(12-16)30-19-10-8-18(25)9-11-19/h1-12,14,21-22H,13H2,(H,26,27,28). The second-order valence-corrected chi connectivity index (χ2v) is 8.51. The van der Waals surface area contributed by atoms with Crippen LogP contribution in [0.2, 0.25) is 5.02 Å². The number of hydrogen-bond donors (Lipinski definition) is 1. The molecule has 150 valence electrons. The molecular formula is C23H18BrClN4O. The van der Waals surface area contributed by atoms with Crippen LogP contribution in [0.3, 0.4) is 0 Å². The van der Waals surface area contributed by atoms with Gasteiger partial charge in [0, 0.05) is 9.50 Å². The van der Waals surface area contributed by atoms with E-state index >= 15 is 0 Å². The maximum absolute atomic E-state index is 6.03. The van der Waals surface area contributed by atoms with Crippen molar-refractivity contribution in [2.75, 3.05) is 5.32 Å². The van der Waals surface area contributed by atoms with Crippen LogP contribution >= 0.6 is 27.5 Å². The summed E-state index contributed by atoms with van der Waals surface area (Å²) < 4.78 is 9.04. The minimum atomic E-state index is 0.0474. The van der Waals surface area contributed by atoms with Gasteiger partial charge in [-0.1, -0.05) is 51.8 Å². The fourth-order valence-electron chi connectivity index (χ4n) is 3.74. The Hall–Kier alpha value is -2.83. The summed E-state index contributed by atoms with van der Waals surface area (Å²) in [6, 6.07) is 24.1. The number of halogens is 2. The smallest absolute Gasteiger partial charge is 0.222 e. The zero-order chi connectivity index (χ0) is 20.5. The van der Waals surface area contributed by atoms with Crippen LogP contribution in [-0.4, -0.2) is 14.8 Å². The van der Waals surface area contributed by atoms with E-state index in [4.69, 9.17) is 16.3 Å². The van der Waals surface area contributed by atoms with Crippen molar-refractivity contribution in [2.45, 2.75) is 18.5 Å². The van der Waals surface area contributed by atoms with Crippen LogP contribution in [0.25, 0.3) is 0 Å². The lowest BCUT2D eigenvalue weighted by Crippen LogP contribution is -2.28. The molecule has 1 aliphatic heterocycles. The van der Waals surface area contributed by atoms with Gasteiger partial charge in [0.25, 0.3) is 0 Å². The highest BCUT2D eigenvalue weighted by Crippen LogP contribution is 2.38. The van der Waals surface area contributed by atoms with Gasteiger partial charge < -0.3 is 10.1 Å². The lowest BCUT2D eigenvalue weighted by atomic mass is 9.93. The Bertz CT molecular complexity index is 1160. The van der Waals surface area contributed by atoms with Crippen molar-refractivity contribution in [2.24, 2.45) is 0 Å². The van der Waals surface area contributed by atoms with Gasteiger partial charge in [-0.05, 0) is 66.1 Å². The largest absolute Gasteiger partial charge is 0.457 e. The minimum absolute atomic E-state index is 0.0474. The van der Waals surface area contributed by atoms with E-state index in [0.717, 1.165) is 33.9 Å². The monoisotopic (exact) mass is 480 g/mol. The Morgan fingerprint density at radius 3 is 2.57 bits per heavy atom. The molecule has 1 aliphatic rings. The number of rotatable bonds is 4. The molecule has 7 heteroatoms. The molecule has 0 amide bonds. The highest BCUT2D eigenvalue weighted by Gasteiger charge is 2.30. The molecule has 5 rings (SSSR count). The first-order valence-electron chi connectivity index (χ1n) is 9.60. The number of nitrogens with one attached hydrogen (secondary N) is 1. The van der Waals surface area contributed by atoms with E-state index in [-0.39, 0.29) is 12.1 Å². The van der Waals surface area contributed by atoms with Crippen molar-refractivity contribution in [3.05, 3.63) is 99.7 Å². The Labute approximate surface area is 187 Å². The summed E-state index contributed by atoms with van der Waals surface area (Å²) in [4.78, 5) is 4.41. The van der Waals surface area contributed by atoms with Gasteiger partial charge >= 0.3 is 0 Å². The molecule has 2 unspecified atom stereocenters. The average Bonchev–Trinajstić information content (AvgIpc) is 3.24. The molecule has 0 bridgehead atoms. The molecule has 0 aliphatic carbocycles. The summed E-state index contributed by atoms with van der Waals surface area (Å²) in [6.07, 6.45) is 2.44. The molecule has 3 aromatic carbocycles. The number of ether oxygens (including phenoxy) is 1. The molecule has 30 heavy (non-hydrogen) atoms. The lowest BCUT2D eigenvalue weighted by molar-refractivity contribution is 0.427. The summed E-state index contributed by atoms with van der Waals surface area (Å²) in [5.41, 5.74) is 2.34. The van der Waals surface area contributed by atoms with Crippen LogP contribution in [0.4, 0.5) is 5.95 Å². The number of anilines is 1. The minimum Gasteiger partial charge on any atom is -0.457 e. The molecule has 1 aromatic heterocycles. The van der Waals surface area contributed by atoms with E-state index in [1.165, 1.54) is 5.56 Å². The van der Waals surface area contributed by atoms with Crippen molar-refractivity contribution < 1.29 is 4.74 Å². The average molecular weight is 482 g/mol. The second-order valence-electron chi connectivity index (χ2n) is 7.16. The zero-order valence-corrected chi connectivity index (χ0v) is 18.2. The fraction of sp³-hybridized carbons (Fsp3) is 0.130. The van der Waals surface area contributed by atoms with Crippen molar-refractivity contribution >= 4 is 33.5 Å². The summed E-state index contributed by atoms with van der Waals surface area (Å²) in [5.74, 6) is 2.29. The van der Waals surface area contributed by atoms with E-state index < -0.39 is 0 Å². The first-order valence-corrected chi connectivity index (χ1v) is 10.8. The van der Waals surface area contributed by atoms with E-state index in [2.05, 4.69) is 67.7 Å². The molecule has 2 heterocycles. The maximum Gasteiger partial charge on any atom is 0.222 e. The van der Waals surface area contributed by atoms with Crippen molar-refractivity contribution in [3.63, 3.8) is 0 Å². The normalized spacial score (nSPS) is 17.8. The van der Waals surface area contributed by atoms with Crippen LogP contribution in [0.1, 0.15) is 29.6 Å². The molecule has 0 saturated carbocycles. The SMILES string of the molecule is Clc1ccc(Oc2cccc(C3CC(c4ccc(Br)cc4)Nc4ncnn43)c2)cc1. The van der Waals surface area contributed by atoms with Gasteiger partial charge in [0.2, 0.25) is 5.95 Å². The first kappa shape index (κ1) is 19.2. The number of fused-ring (bicyclic) bond motifs is 1. The van der Waals surface area contributed by atoms with Gasteiger partial charge in [0.1, 0.15) is 17.8 Å². The highest BCUT2D eigenvalue weighted by atomic mass is 79.9. The van der Waals surface area contributed by atoms with E-state index in [9.17, 15) is 0 Å². The molecule has 0 radical (unpaired) electrons. The summed E-state index contributed by atoms with van der Waals surface area (Å²) >= 11 is 9.48. The van der Waals surface area contributed by atoms with Crippen LogP contribution in [-0.2, 0) is 0 Å². The predicted octanol–water partition coefficient (Wildman–Crippen LogP) is 6.63. The van der Waals surface area contributed by atoms with Crippen LogP contribution in [0.5, 0.6) is 11.5 Å². The van der Waals surface area contributed by atoms with Crippen LogP contribution in [0.15, 0.2) is 83.6 Å². The number of hydrogen-bond acceptors (Lipinski definition) is 4. The Balaban J connectivity index is 1.45. The van der Waals surface area contributed by atoms with Gasteiger partial charge in [-0.2, -0.15) is 10.1 Å². The fourth-order valence-corrected chi connectivity index (χ4v) is 4.13. The molecule has 2 atom stereocenters. The molecule has 5 nitrogen and oxygen atoms in total. The van der Waals surface area contributed by atoms with Gasteiger partial charge in [-0.3, -0.25) is 0 Å².